The molecule has 2 aromatic rings. The molecule has 0 aliphatic heterocycles. The summed E-state index contributed by atoms with van der Waals surface area (Å²) in [4.78, 5) is 29.4. The molecule has 0 fully saturated rings. The number of primary amides is 1. The van der Waals surface area contributed by atoms with Gasteiger partial charge >= 0.3 is 0 Å². The Balaban J connectivity index is 2.06. The van der Waals surface area contributed by atoms with Crippen LogP contribution in [-0.2, 0) is 4.79 Å². The summed E-state index contributed by atoms with van der Waals surface area (Å²) in [6.45, 7) is 0.148. The number of fused-ring (bicyclic) bond motifs is 1. The van der Waals surface area contributed by atoms with E-state index < -0.39 is 5.91 Å². The van der Waals surface area contributed by atoms with Crippen molar-refractivity contribution in [3.63, 3.8) is 0 Å². The maximum Gasteiger partial charge on any atom is 0.260 e. The lowest BCUT2D eigenvalue weighted by atomic mass is 10.1. The van der Waals surface area contributed by atoms with Crippen LogP contribution in [0.3, 0.4) is 0 Å². The molecule has 0 unspecified atom stereocenters. The smallest absolute Gasteiger partial charge is 0.260 e. The molecule has 1 aromatic heterocycles. The molecule has 0 saturated carbocycles. The SMILES string of the molecule is NC(=O)CCN=C(N)NC(=O)c1c[nH]c2ccccc12. The minimum atomic E-state index is -0.468. The molecule has 2 amide bonds. The molecular weight excluding hydrogens is 258 g/mol. The number of nitrogens with one attached hydrogen (secondary N) is 2. The van der Waals surface area contributed by atoms with E-state index in [1.807, 2.05) is 24.3 Å². The predicted octanol–water partition coefficient (Wildman–Crippen LogP) is 0.0878. The number of rotatable bonds is 4. The minimum absolute atomic E-state index is 0.0402. The maximum absolute atomic E-state index is 12.0. The highest BCUT2D eigenvalue weighted by Crippen LogP contribution is 2.17. The number of amides is 2. The van der Waals surface area contributed by atoms with Gasteiger partial charge in [0.25, 0.3) is 5.91 Å². The number of nitrogens with two attached hydrogens (primary N) is 2. The number of carbonyl (C=O) groups is 2. The molecule has 2 rings (SSSR count). The lowest BCUT2D eigenvalue weighted by Crippen LogP contribution is -2.37. The molecule has 0 saturated heterocycles. The molecule has 6 N–H and O–H groups in total. The van der Waals surface area contributed by atoms with Crippen molar-refractivity contribution >= 4 is 28.7 Å². The summed E-state index contributed by atoms with van der Waals surface area (Å²) in [5.41, 5.74) is 11.9. The third-order valence-electron chi connectivity index (χ3n) is 2.72. The molecule has 0 radical (unpaired) electrons. The standard InChI is InChI=1S/C13H15N5O2/c14-11(19)5-6-16-13(15)18-12(20)9-7-17-10-4-2-1-3-8(9)10/h1-4,7,17H,5-6H2,(H2,14,19)(H3,15,16,18,20). The number of benzene rings is 1. The topological polar surface area (TPSA) is 126 Å². The van der Waals surface area contributed by atoms with E-state index >= 15 is 0 Å². The van der Waals surface area contributed by atoms with E-state index in [1.165, 1.54) is 0 Å². The predicted molar refractivity (Wildman–Crippen MR) is 76.1 cm³/mol. The fourth-order valence-corrected chi connectivity index (χ4v) is 1.77. The van der Waals surface area contributed by atoms with Crippen LogP contribution in [0, 0.1) is 0 Å². The number of aromatic nitrogens is 1. The third kappa shape index (κ3) is 3.14. The number of para-hydroxylation sites is 1. The molecule has 104 valence electrons. The van der Waals surface area contributed by atoms with Crippen molar-refractivity contribution in [1.29, 1.82) is 0 Å². The highest BCUT2D eigenvalue weighted by atomic mass is 16.2. The van der Waals surface area contributed by atoms with Crippen molar-refractivity contribution in [2.75, 3.05) is 6.54 Å². The van der Waals surface area contributed by atoms with Crippen LogP contribution in [0.1, 0.15) is 16.8 Å². The number of nitrogens with zero attached hydrogens (tertiary/aromatic N) is 1. The number of carbonyl (C=O) groups excluding carboxylic acids is 2. The first-order valence-electron chi connectivity index (χ1n) is 6.03. The Kier molecular flexibility index (Phi) is 3.99. The van der Waals surface area contributed by atoms with Gasteiger partial charge in [0.2, 0.25) is 5.91 Å². The Hall–Kier alpha value is -2.83. The van der Waals surface area contributed by atoms with Crippen LogP contribution < -0.4 is 16.8 Å². The molecule has 1 aromatic carbocycles. The van der Waals surface area contributed by atoms with Gasteiger partial charge in [-0.2, -0.15) is 0 Å². The van der Waals surface area contributed by atoms with Gasteiger partial charge in [-0.05, 0) is 6.07 Å². The molecule has 0 spiro atoms. The summed E-state index contributed by atoms with van der Waals surface area (Å²) >= 11 is 0. The van der Waals surface area contributed by atoms with Gasteiger partial charge in [0.1, 0.15) is 0 Å². The molecule has 0 atom stereocenters. The highest BCUT2D eigenvalue weighted by molar-refractivity contribution is 6.12. The zero-order chi connectivity index (χ0) is 14.5. The van der Waals surface area contributed by atoms with E-state index in [9.17, 15) is 9.59 Å². The largest absolute Gasteiger partial charge is 0.370 e. The summed E-state index contributed by atoms with van der Waals surface area (Å²) in [6, 6.07) is 7.43. The number of aliphatic imine (C=N–C) groups is 1. The molecule has 0 aliphatic rings. The fourth-order valence-electron chi connectivity index (χ4n) is 1.77. The summed E-state index contributed by atoms with van der Waals surface area (Å²) in [6.07, 6.45) is 1.69. The third-order valence-corrected chi connectivity index (χ3v) is 2.72. The second kappa shape index (κ2) is 5.87. The Morgan fingerprint density at radius 2 is 2.00 bits per heavy atom. The van der Waals surface area contributed by atoms with Gasteiger partial charge in [0.15, 0.2) is 5.96 Å². The van der Waals surface area contributed by atoms with Crippen molar-refractivity contribution in [1.82, 2.24) is 10.3 Å². The summed E-state index contributed by atoms with van der Waals surface area (Å²) in [5.74, 6) is -0.867. The van der Waals surface area contributed by atoms with Gasteiger partial charge in [-0.15, -0.1) is 0 Å². The second-order valence-electron chi connectivity index (χ2n) is 4.19. The van der Waals surface area contributed by atoms with Gasteiger partial charge in [-0.1, -0.05) is 18.2 Å². The van der Waals surface area contributed by atoms with Crippen LogP contribution in [0.2, 0.25) is 0 Å². The lowest BCUT2D eigenvalue weighted by Gasteiger charge is -2.03. The summed E-state index contributed by atoms with van der Waals surface area (Å²) in [7, 11) is 0. The Morgan fingerprint density at radius 3 is 2.75 bits per heavy atom. The molecule has 1 heterocycles. The molecule has 0 aliphatic carbocycles. The van der Waals surface area contributed by atoms with Gasteiger partial charge in [0, 0.05) is 23.5 Å². The Morgan fingerprint density at radius 1 is 1.25 bits per heavy atom. The van der Waals surface area contributed by atoms with Crippen molar-refractivity contribution in [2.24, 2.45) is 16.5 Å². The number of hydrogen-bond donors (Lipinski definition) is 4. The average molecular weight is 273 g/mol. The van der Waals surface area contributed by atoms with E-state index in [4.69, 9.17) is 11.5 Å². The van der Waals surface area contributed by atoms with E-state index in [-0.39, 0.29) is 24.8 Å². The van der Waals surface area contributed by atoms with Crippen LogP contribution in [-0.4, -0.2) is 29.3 Å². The molecule has 0 bridgehead atoms. The van der Waals surface area contributed by atoms with Crippen LogP contribution >= 0.6 is 0 Å². The quantitative estimate of drug-likeness (QED) is 0.465. The monoisotopic (exact) mass is 273 g/mol. The molecule has 20 heavy (non-hydrogen) atoms. The number of hydrogen-bond acceptors (Lipinski definition) is 3. The molecule has 7 heteroatoms. The van der Waals surface area contributed by atoms with E-state index in [2.05, 4.69) is 15.3 Å². The zero-order valence-electron chi connectivity index (χ0n) is 10.7. The second-order valence-corrected chi connectivity index (χ2v) is 4.19. The normalized spacial score (nSPS) is 11.5. The number of guanidine groups is 1. The number of H-pyrrole nitrogens is 1. The van der Waals surface area contributed by atoms with Gasteiger partial charge in [-0.3, -0.25) is 19.9 Å². The summed E-state index contributed by atoms with van der Waals surface area (Å²) < 4.78 is 0. The lowest BCUT2D eigenvalue weighted by molar-refractivity contribution is -0.117. The molecule has 7 nitrogen and oxygen atoms in total. The summed E-state index contributed by atoms with van der Waals surface area (Å²) in [5, 5.41) is 3.27. The van der Waals surface area contributed by atoms with E-state index in [0.29, 0.717) is 5.56 Å². The Bertz CT molecular complexity index is 674. The Labute approximate surface area is 115 Å². The average Bonchev–Trinajstić information content (AvgIpc) is 2.82. The minimum Gasteiger partial charge on any atom is -0.370 e. The first-order valence-corrected chi connectivity index (χ1v) is 6.03. The fraction of sp³-hybridized carbons (Fsp3) is 0.154. The van der Waals surface area contributed by atoms with Crippen LogP contribution in [0.25, 0.3) is 10.9 Å². The van der Waals surface area contributed by atoms with Gasteiger partial charge in [0.05, 0.1) is 12.1 Å². The van der Waals surface area contributed by atoms with Crippen LogP contribution in [0.15, 0.2) is 35.5 Å². The van der Waals surface area contributed by atoms with Crippen molar-refractivity contribution < 1.29 is 9.59 Å². The van der Waals surface area contributed by atoms with Crippen molar-refractivity contribution in [3.8, 4) is 0 Å². The van der Waals surface area contributed by atoms with E-state index in [0.717, 1.165) is 10.9 Å². The van der Waals surface area contributed by atoms with Crippen LogP contribution in [0.5, 0.6) is 0 Å². The molecular formula is C13H15N5O2. The first-order chi connectivity index (χ1) is 9.58. The van der Waals surface area contributed by atoms with Gasteiger partial charge in [-0.25, -0.2) is 0 Å². The number of aromatic amines is 1. The highest BCUT2D eigenvalue weighted by Gasteiger charge is 2.12. The zero-order valence-corrected chi connectivity index (χ0v) is 10.7. The first kappa shape index (κ1) is 13.6. The van der Waals surface area contributed by atoms with Crippen molar-refractivity contribution in [2.45, 2.75) is 6.42 Å². The van der Waals surface area contributed by atoms with Crippen LogP contribution in [0.4, 0.5) is 0 Å². The van der Waals surface area contributed by atoms with Crippen molar-refractivity contribution in [3.05, 3.63) is 36.0 Å². The maximum atomic E-state index is 12.0. The van der Waals surface area contributed by atoms with E-state index in [1.54, 1.807) is 6.20 Å². The van der Waals surface area contributed by atoms with Gasteiger partial charge < -0.3 is 16.5 Å².